The molecule has 13 rings (SSSR count). The van der Waals surface area contributed by atoms with E-state index < -0.39 is 0 Å². The maximum Gasteiger partial charge on any atom is 0.0974 e. The molecule has 0 N–H and O–H groups in total. The average Bonchev–Trinajstić information content (AvgIpc) is 3.39. The molecule has 2 nitrogen and oxygen atoms in total. The molecule has 0 aliphatic heterocycles. The first-order chi connectivity index (χ1) is 32.7. The van der Waals surface area contributed by atoms with Gasteiger partial charge in [-0.1, -0.05) is 184 Å². The van der Waals surface area contributed by atoms with Crippen LogP contribution in [-0.2, 0) is 0 Å². The lowest BCUT2D eigenvalue weighted by Crippen LogP contribution is -2.08. The zero-order chi connectivity index (χ0) is 43.6. The van der Waals surface area contributed by atoms with E-state index in [-0.39, 0.29) is 0 Å². The van der Waals surface area contributed by atoms with E-state index in [1.165, 1.54) is 174 Å². The molecule has 0 amide bonds. The van der Waals surface area contributed by atoms with Crippen LogP contribution in [0, 0.1) is 0 Å². The molecule has 2 aliphatic carbocycles. The van der Waals surface area contributed by atoms with Gasteiger partial charge in [0.1, 0.15) is 0 Å². The summed E-state index contributed by atoms with van der Waals surface area (Å²) in [6.07, 6.45) is 12.7. The first-order valence-corrected chi connectivity index (χ1v) is 24.5. The Morgan fingerprint density at radius 2 is 0.788 bits per heavy atom. The summed E-state index contributed by atoms with van der Waals surface area (Å²) in [6.45, 7) is 0. The smallest absolute Gasteiger partial charge is 0.0974 e. The largest absolute Gasteiger partial charge is 0.250 e. The summed E-state index contributed by atoms with van der Waals surface area (Å²) in [6, 6.07) is 68.6. The minimum absolute atomic E-state index is 0.475. The molecule has 66 heavy (non-hydrogen) atoms. The number of fused-ring (bicyclic) bond motifs is 7. The van der Waals surface area contributed by atoms with Gasteiger partial charge < -0.3 is 0 Å². The van der Waals surface area contributed by atoms with Crippen molar-refractivity contribution in [1.82, 2.24) is 9.97 Å². The molecule has 2 saturated carbocycles. The van der Waals surface area contributed by atoms with Crippen LogP contribution < -0.4 is 0 Å². The van der Waals surface area contributed by atoms with E-state index in [2.05, 4.69) is 182 Å². The Balaban J connectivity index is 1.02. The SMILES string of the molecule is c1cc(-c2ccc3c(-c4ccc5ccccc5c4)c4ccccc4c(-c4ccc5ccccc5c4)c3c2)cc(-c2cc(C3CCCCC3)nc3c2ccc2ccc(C4CCCCC4)nc23)c1. The van der Waals surface area contributed by atoms with Crippen molar-refractivity contribution in [3.63, 3.8) is 0 Å². The third-order valence-corrected chi connectivity index (χ3v) is 15.3. The molecule has 0 bridgehead atoms. The molecule has 2 heterocycles. The number of nitrogens with zero attached hydrogens (tertiary/aromatic N) is 2. The van der Waals surface area contributed by atoms with Gasteiger partial charge in [-0.05, 0) is 150 Å². The normalized spacial score (nSPS) is 15.2. The van der Waals surface area contributed by atoms with Gasteiger partial charge in [0.15, 0.2) is 0 Å². The minimum Gasteiger partial charge on any atom is -0.250 e. The average molecular weight is 849 g/mol. The van der Waals surface area contributed by atoms with Crippen LogP contribution in [0.25, 0.3) is 109 Å². The number of hydrogen-bond donors (Lipinski definition) is 0. The number of aromatic nitrogens is 2. The van der Waals surface area contributed by atoms with Crippen LogP contribution in [-0.4, -0.2) is 9.97 Å². The van der Waals surface area contributed by atoms with Gasteiger partial charge in [0.25, 0.3) is 0 Å². The molecule has 2 aliphatic rings. The third kappa shape index (κ3) is 6.85. The standard InChI is InChI=1S/C64H52N2/c1-3-16-43(17-4-1)59-35-32-45-30-34-56-57(40-60(44-18-5-2-6-19-44)66-64(56)63(45)65-59)50-23-13-22-48(36-50)49-31-33-55-58(39-49)62(52-29-27-42-15-8-10-21-47(42)38-52)54-25-12-11-24-53(54)61(55)51-28-26-41-14-7-9-20-46(41)37-51/h7-15,20-40,43-44H,1-6,16-19H2. The van der Waals surface area contributed by atoms with Crippen molar-refractivity contribution in [3.8, 4) is 44.5 Å². The molecule has 9 aromatic carbocycles. The van der Waals surface area contributed by atoms with Gasteiger partial charge in [-0.25, -0.2) is 0 Å². The second-order valence-electron chi connectivity index (χ2n) is 19.3. The second-order valence-corrected chi connectivity index (χ2v) is 19.3. The van der Waals surface area contributed by atoms with Crippen LogP contribution in [0.1, 0.15) is 87.4 Å². The first kappa shape index (κ1) is 39.2. The molecular formula is C64H52N2. The predicted molar refractivity (Wildman–Crippen MR) is 280 cm³/mol. The van der Waals surface area contributed by atoms with E-state index in [1.807, 2.05) is 0 Å². The lowest BCUT2D eigenvalue weighted by Gasteiger charge is -2.23. The molecule has 0 unspecified atom stereocenters. The highest BCUT2D eigenvalue weighted by Crippen LogP contribution is 2.47. The molecule has 0 radical (unpaired) electrons. The Labute approximate surface area is 387 Å². The summed E-state index contributed by atoms with van der Waals surface area (Å²) >= 11 is 0. The van der Waals surface area contributed by atoms with Crippen molar-refractivity contribution in [1.29, 1.82) is 0 Å². The predicted octanol–water partition coefficient (Wildman–Crippen LogP) is 18.2. The van der Waals surface area contributed by atoms with Gasteiger partial charge in [0.2, 0.25) is 0 Å². The monoisotopic (exact) mass is 848 g/mol. The highest BCUT2D eigenvalue weighted by Gasteiger charge is 2.23. The van der Waals surface area contributed by atoms with Crippen molar-refractivity contribution >= 4 is 64.9 Å². The maximum atomic E-state index is 5.58. The molecule has 2 aromatic heterocycles. The quantitative estimate of drug-likeness (QED) is 0.123. The molecule has 318 valence electrons. The van der Waals surface area contributed by atoms with Crippen molar-refractivity contribution in [3.05, 3.63) is 193 Å². The summed E-state index contributed by atoms with van der Waals surface area (Å²) in [5, 5.41) is 12.4. The first-order valence-electron chi connectivity index (χ1n) is 24.5. The Hall–Kier alpha value is -7.16. The van der Waals surface area contributed by atoms with Crippen LogP contribution in [0.5, 0.6) is 0 Å². The minimum atomic E-state index is 0.475. The van der Waals surface area contributed by atoms with Gasteiger partial charge in [-0.2, -0.15) is 0 Å². The van der Waals surface area contributed by atoms with Crippen molar-refractivity contribution in [2.24, 2.45) is 0 Å². The van der Waals surface area contributed by atoms with Gasteiger partial charge in [-0.15, -0.1) is 0 Å². The molecule has 2 fully saturated rings. The van der Waals surface area contributed by atoms with E-state index in [4.69, 9.17) is 9.97 Å². The van der Waals surface area contributed by atoms with Crippen molar-refractivity contribution < 1.29 is 0 Å². The number of pyridine rings is 2. The van der Waals surface area contributed by atoms with Crippen LogP contribution in [0.15, 0.2) is 182 Å². The maximum absolute atomic E-state index is 5.58. The summed E-state index contributed by atoms with van der Waals surface area (Å²) in [5.41, 5.74) is 14.5. The molecule has 0 spiro atoms. The summed E-state index contributed by atoms with van der Waals surface area (Å²) < 4.78 is 0. The van der Waals surface area contributed by atoms with Crippen LogP contribution in [0.4, 0.5) is 0 Å². The molecule has 0 saturated heterocycles. The topological polar surface area (TPSA) is 25.8 Å². The Morgan fingerprint density at radius 3 is 1.47 bits per heavy atom. The van der Waals surface area contributed by atoms with Crippen LogP contribution in [0.2, 0.25) is 0 Å². The van der Waals surface area contributed by atoms with E-state index in [1.54, 1.807) is 0 Å². The van der Waals surface area contributed by atoms with E-state index in [0.717, 1.165) is 11.0 Å². The van der Waals surface area contributed by atoms with E-state index in [9.17, 15) is 0 Å². The van der Waals surface area contributed by atoms with Crippen LogP contribution >= 0.6 is 0 Å². The molecule has 0 atom stereocenters. The van der Waals surface area contributed by atoms with Gasteiger partial charge >= 0.3 is 0 Å². The lowest BCUT2D eigenvalue weighted by atomic mass is 9.84. The summed E-state index contributed by atoms with van der Waals surface area (Å²) in [7, 11) is 0. The number of hydrogen-bond acceptors (Lipinski definition) is 2. The second kappa shape index (κ2) is 16.4. The van der Waals surface area contributed by atoms with Gasteiger partial charge in [0.05, 0.1) is 11.0 Å². The summed E-state index contributed by atoms with van der Waals surface area (Å²) in [4.78, 5) is 11.1. The van der Waals surface area contributed by atoms with E-state index in [0.29, 0.717) is 11.8 Å². The fourth-order valence-corrected chi connectivity index (χ4v) is 11.9. The third-order valence-electron chi connectivity index (χ3n) is 15.3. The Kier molecular flexibility index (Phi) is 9.73. The van der Waals surface area contributed by atoms with Crippen LogP contribution in [0.3, 0.4) is 0 Å². The number of rotatable bonds is 6. The fraction of sp³-hybridized carbons (Fsp3) is 0.188. The number of benzene rings is 9. The van der Waals surface area contributed by atoms with Crippen molar-refractivity contribution in [2.45, 2.75) is 76.0 Å². The zero-order valence-electron chi connectivity index (χ0n) is 37.4. The molecule has 2 heteroatoms. The Morgan fingerprint density at radius 1 is 0.288 bits per heavy atom. The molecular weight excluding hydrogens is 797 g/mol. The lowest BCUT2D eigenvalue weighted by molar-refractivity contribution is 0.437. The fourth-order valence-electron chi connectivity index (χ4n) is 11.9. The molecule has 11 aromatic rings. The Bertz CT molecular complexity index is 3680. The highest BCUT2D eigenvalue weighted by atomic mass is 14.8. The van der Waals surface area contributed by atoms with Gasteiger partial charge in [-0.3, -0.25) is 9.97 Å². The summed E-state index contributed by atoms with van der Waals surface area (Å²) in [5.74, 6) is 1.02. The van der Waals surface area contributed by atoms with E-state index >= 15 is 0 Å². The van der Waals surface area contributed by atoms with Gasteiger partial charge in [0, 0.05) is 34.0 Å². The zero-order valence-corrected chi connectivity index (χ0v) is 37.4. The highest BCUT2D eigenvalue weighted by molar-refractivity contribution is 6.22. The van der Waals surface area contributed by atoms with Crippen molar-refractivity contribution in [2.75, 3.05) is 0 Å².